The molecule has 0 saturated heterocycles. The second kappa shape index (κ2) is 8.91. The first-order valence-electron chi connectivity index (χ1n) is 8.03. The van der Waals surface area contributed by atoms with Gasteiger partial charge in [-0.1, -0.05) is 23.2 Å². The predicted molar refractivity (Wildman–Crippen MR) is 110 cm³/mol. The Morgan fingerprint density at radius 2 is 1.77 bits per heavy atom. The van der Waals surface area contributed by atoms with Gasteiger partial charge in [-0.2, -0.15) is 0 Å². The molecule has 2 N–H and O–H groups in total. The number of urea groups is 1. The number of amides is 2. The molecule has 0 aliphatic heterocycles. The van der Waals surface area contributed by atoms with E-state index in [2.05, 4.69) is 15.0 Å². The van der Waals surface area contributed by atoms with Crippen LogP contribution in [0.15, 0.2) is 52.7 Å². The van der Waals surface area contributed by atoms with Gasteiger partial charge in [0.15, 0.2) is 5.13 Å². The molecule has 164 valence electrons. The molecule has 1 aromatic heterocycles. The molecular weight excluding hydrogens is 502 g/mol. The minimum absolute atomic E-state index is 0.0858. The Balaban J connectivity index is 1.67. The van der Waals surface area contributed by atoms with Crippen molar-refractivity contribution in [1.82, 2.24) is 9.71 Å². The van der Waals surface area contributed by atoms with Gasteiger partial charge < -0.3 is 4.74 Å². The highest BCUT2D eigenvalue weighted by atomic mass is 35.5. The van der Waals surface area contributed by atoms with Crippen molar-refractivity contribution >= 4 is 55.7 Å². The summed E-state index contributed by atoms with van der Waals surface area (Å²) in [6.45, 7) is 0. The summed E-state index contributed by atoms with van der Waals surface area (Å²) >= 11 is 13.0. The van der Waals surface area contributed by atoms with E-state index in [0.717, 1.165) is 35.6 Å². The first kappa shape index (κ1) is 23.1. The summed E-state index contributed by atoms with van der Waals surface area (Å²) in [6.07, 6.45) is -4.92. The second-order valence-electron chi connectivity index (χ2n) is 5.74. The fourth-order valence-corrected chi connectivity index (χ4v) is 4.39. The van der Waals surface area contributed by atoms with Gasteiger partial charge in [0.2, 0.25) is 0 Å². The standard InChI is InChI=1S/C17H10Cl2F3N3O4S2/c18-9-1-6-12(13(19)7-9)14-8-30-16(23-14)24-15(26)25-31(27,28)11-4-2-10(3-5-11)29-17(20,21)22/h1-8H,(H2,23,24,25,26). The number of rotatable bonds is 5. The summed E-state index contributed by atoms with van der Waals surface area (Å²) in [4.78, 5) is 15.8. The number of alkyl halides is 3. The number of thiazole rings is 1. The lowest BCUT2D eigenvalue weighted by Gasteiger charge is -2.10. The zero-order chi connectivity index (χ0) is 22.8. The molecule has 7 nitrogen and oxygen atoms in total. The highest BCUT2D eigenvalue weighted by Crippen LogP contribution is 2.32. The summed E-state index contributed by atoms with van der Waals surface area (Å²) in [7, 11) is -4.35. The quantitative estimate of drug-likeness (QED) is 0.469. The van der Waals surface area contributed by atoms with E-state index in [4.69, 9.17) is 23.2 Å². The van der Waals surface area contributed by atoms with Crippen molar-refractivity contribution in [3.05, 3.63) is 57.9 Å². The highest BCUT2D eigenvalue weighted by Gasteiger charge is 2.31. The van der Waals surface area contributed by atoms with E-state index in [-0.39, 0.29) is 5.13 Å². The van der Waals surface area contributed by atoms with Crippen molar-refractivity contribution in [2.45, 2.75) is 11.3 Å². The lowest BCUT2D eigenvalue weighted by Crippen LogP contribution is -2.34. The third kappa shape index (κ3) is 6.23. The van der Waals surface area contributed by atoms with E-state index in [1.54, 1.807) is 22.2 Å². The maximum absolute atomic E-state index is 12.3. The first-order valence-corrected chi connectivity index (χ1v) is 11.2. The van der Waals surface area contributed by atoms with Crippen molar-refractivity contribution in [3.63, 3.8) is 0 Å². The number of halogens is 5. The van der Waals surface area contributed by atoms with Crippen molar-refractivity contribution in [2.24, 2.45) is 0 Å². The number of hydrogen-bond donors (Lipinski definition) is 2. The summed E-state index contributed by atoms with van der Waals surface area (Å²) in [6, 6.07) is 7.00. The van der Waals surface area contributed by atoms with Crippen molar-refractivity contribution in [1.29, 1.82) is 0 Å². The largest absolute Gasteiger partial charge is 0.573 e. The van der Waals surface area contributed by atoms with Gasteiger partial charge in [-0.05, 0) is 42.5 Å². The minimum atomic E-state index is -4.92. The normalized spacial score (nSPS) is 11.8. The zero-order valence-electron chi connectivity index (χ0n) is 14.9. The summed E-state index contributed by atoms with van der Waals surface area (Å²) < 4.78 is 66.4. The van der Waals surface area contributed by atoms with Crippen LogP contribution in [0, 0.1) is 0 Å². The molecule has 0 atom stereocenters. The summed E-state index contributed by atoms with van der Waals surface area (Å²) in [5.74, 6) is -0.605. The van der Waals surface area contributed by atoms with Crippen LogP contribution in [0.2, 0.25) is 10.0 Å². The smallest absolute Gasteiger partial charge is 0.406 e. The molecule has 0 bridgehead atoms. The van der Waals surface area contributed by atoms with Crippen LogP contribution in [0.3, 0.4) is 0 Å². The molecule has 0 fully saturated rings. The van der Waals surface area contributed by atoms with Gasteiger partial charge in [-0.25, -0.2) is 22.9 Å². The van der Waals surface area contributed by atoms with Crippen LogP contribution in [0.5, 0.6) is 5.75 Å². The van der Waals surface area contributed by atoms with Gasteiger partial charge in [0.25, 0.3) is 10.0 Å². The number of nitrogens with zero attached hydrogens (tertiary/aromatic N) is 1. The van der Waals surface area contributed by atoms with Gasteiger partial charge in [0.1, 0.15) is 5.75 Å². The topological polar surface area (TPSA) is 97.4 Å². The van der Waals surface area contributed by atoms with Crippen LogP contribution in [0.25, 0.3) is 11.3 Å². The first-order chi connectivity index (χ1) is 14.4. The Bertz CT molecular complexity index is 1220. The van der Waals surface area contributed by atoms with Crippen molar-refractivity contribution in [3.8, 4) is 17.0 Å². The number of nitrogens with one attached hydrogen (secondary N) is 2. The summed E-state index contributed by atoms with van der Waals surface area (Å²) in [5, 5.41) is 4.73. The van der Waals surface area contributed by atoms with Crippen LogP contribution >= 0.6 is 34.5 Å². The summed E-state index contributed by atoms with van der Waals surface area (Å²) in [5.41, 5.74) is 0.995. The van der Waals surface area contributed by atoms with Crippen LogP contribution < -0.4 is 14.8 Å². The minimum Gasteiger partial charge on any atom is -0.406 e. The van der Waals surface area contributed by atoms with Gasteiger partial charge in [-0.3, -0.25) is 5.32 Å². The fraction of sp³-hybridized carbons (Fsp3) is 0.0588. The van der Waals surface area contributed by atoms with Gasteiger partial charge in [0, 0.05) is 16.0 Å². The lowest BCUT2D eigenvalue weighted by molar-refractivity contribution is -0.274. The molecule has 0 radical (unpaired) electrons. The molecule has 14 heteroatoms. The van der Waals surface area contributed by atoms with E-state index in [1.807, 2.05) is 0 Å². The Labute approximate surface area is 187 Å². The molecule has 31 heavy (non-hydrogen) atoms. The van der Waals surface area contributed by atoms with E-state index in [0.29, 0.717) is 21.3 Å². The van der Waals surface area contributed by atoms with E-state index < -0.39 is 33.1 Å². The second-order valence-corrected chi connectivity index (χ2v) is 9.13. The van der Waals surface area contributed by atoms with Crippen LogP contribution in [-0.4, -0.2) is 25.8 Å². The van der Waals surface area contributed by atoms with Gasteiger partial charge >= 0.3 is 12.4 Å². The number of ether oxygens (including phenoxy) is 1. The maximum atomic E-state index is 12.3. The molecule has 0 unspecified atom stereocenters. The zero-order valence-corrected chi connectivity index (χ0v) is 18.1. The number of hydrogen-bond acceptors (Lipinski definition) is 6. The van der Waals surface area contributed by atoms with Crippen molar-refractivity contribution in [2.75, 3.05) is 5.32 Å². The molecule has 2 aromatic carbocycles. The third-order valence-corrected chi connectivity index (χ3v) is 6.18. The Morgan fingerprint density at radius 1 is 1.10 bits per heavy atom. The maximum Gasteiger partial charge on any atom is 0.573 e. The molecule has 1 heterocycles. The third-order valence-electron chi connectivity index (χ3n) is 3.53. The molecule has 0 spiro atoms. The highest BCUT2D eigenvalue weighted by molar-refractivity contribution is 7.90. The predicted octanol–water partition coefficient (Wildman–Crippen LogP) is 5.53. The van der Waals surface area contributed by atoms with Gasteiger partial charge in [-0.15, -0.1) is 24.5 Å². The number of carbonyl (C=O) groups is 1. The SMILES string of the molecule is O=C(Nc1nc(-c2ccc(Cl)cc2Cl)cs1)NS(=O)(=O)c1ccc(OC(F)(F)F)cc1. The number of aromatic nitrogens is 1. The van der Waals surface area contributed by atoms with Crippen LogP contribution in [0.1, 0.15) is 0 Å². The number of carbonyl (C=O) groups excluding carboxylic acids is 1. The average Bonchev–Trinajstić information content (AvgIpc) is 3.08. The van der Waals surface area contributed by atoms with Crippen molar-refractivity contribution < 1.29 is 31.1 Å². The Hall–Kier alpha value is -2.54. The van der Waals surface area contributed by atoms with E-state index in [1.165, 1.54) is 6.07 Å². The Morgan fingerprint density at radius 3 is 2.39 bits per heavy atom. The molecule has 0 saturated carbocycles. The monoisotopic (exact) mass is 511 g/mol. The van der Waals surface area contributed by atoms with Crippen LogP contribution in [0.4, 0.5) is 23.1 Å². The number of benzene rings is 2. The molecule has 2 amide bonds. The average molecular weight is 512 g/mol. The van der Waals surface area contributed by atoms with Gasteiger partial charge in [0.05, 0.1) is 15.6 Å². The van der Waals surface area contributed by atoms with E-state index >= 15 is 0 Å². The molecule has 0 aliphatic carbocycles. The molecular formula is C17H10Cl2F3N3O4S2. The number of sulfonamides is 1. The molecule has 0 aliphatic rings. The molecule has 3 rings (SSSR count). The lowest BCUT2D eigenvalue weighted by atomic mass is 10.2. The molecule has 3 aromatic rings. The number of anilines is 1. The van der Waals surface area contributed by atoms with Crippen LogP contribution in [-0.2, 0) is 10.0 Å². The Kier molecular flexibility index (Phi) is 6.65. The van der Waals surface area contributed by atoms with E-state index in [9.17, 15) is 26.4 Å². The fourth-order valence-electron chi connectivity index (χ4n) is 2.28.